The van der Waals surface area contributed by atoms with Crippen LogP contribution in [0.5, 0.6) is 0 Å². The fraction of sp³-hybridized carbons (Fsp3) is 0.200. The van der Waals surface area contributed by atoms with Crippen LogP contribution < -0.4 is 4.90 Å². The maximum Gasteiger partial charge on any atom is 0.328 e. The quantitative estimate of drug-likeness (QED) is 0.829. The molecule has 0 atom stereocenters. The minimum absolute atomic E-state index is 0.781. The maximum absolute atomic E-state index is 10.5. The number of carboxylic acids is 1. The van der Waals surface area contributed by atoms with Crippen molar-refractivity contribution in [3.8, 4) is 0 Å². The molecule has 0 unspecified atom stereocenters. The SMILES string of the molecule is CCN(Cc1cccs1)c1ccc(/C=C/C(=O)O)cn1. The number of hydrogen-bond donors (Lipinski definition) is 1. The van der Waals surface area contributed by atoms with Gasteiger partial charge in [-0.1, -0.05) is 6.07 Å². The third-order valence-electron chi connectivity index (χ3n) is 2.82. The first kappa shape index (κ1) is 14.3. The summed E-state index contributed by atoms with van der Waals surface area (Å²) in [5.74, 6) is -0.0599. The summed E-state index contributed by atoms with van der Waals surface area (Å²) in [5.41, 5.74) is 0.781. The molecule has 0 aliphatic heterocycles. The van der Waals surface area contributed by atoms with Crippen molar-refractivity contribution in [3.05, 3.63) is 52.4 Å². The number of aliphatic carboxylic acids is 1. The van der Waals surface area contributed by atoms with E-state index in [0.717, 1.165) is 30.5 Å². The van der Waals surface area contributed by atoms with Gasteiger partial charge in [-0.05, 0) is 42.1 Å². The van der Waals surface area contributed by atoms with Crippen LogP contribution in [-0.4, -0.2) is 22.6 Å². The summed E-state index contributed by atoms with van der Waals surface area (Å²) in [5, 5.41) is 10.7. The molecule has 2 heterocycles. The van der Waals surface area contributed by atoms with Crippen molar-refractivity contribution < 1.29 is 9.90 Å². The minimum atomic E-state index is -0.957. The molecule has 0 aromatic carbocycles. The molecule has 2 aromatic heterocycles. The van der Waals surface area contributed by atoms with Gasteiger partial charge in [-0.25, -0.2) is 9.78 Å². The molecule has 2 aromatic rings. The Morgan fingerprint density at radius 3 is 2.85 bits per heavy atom. The summed E-state index contributed by atoms with van der Waals surface area (Å²) in [4.78, 5) is 18.3. The van der Waals surface area contributed by atoms with Gasteiger partial charge in [-0.15, -0.1) is 11.3 Å². The molecule has 1 N–H and O–H groups in total. The van der Waals surface area contributed by atoms with Crippen LogP contribution >= 0.6 is 11.3 Å². The van der Waals surface area contributed by atoms with Gasteiger partial charge in [0.25, 0.3) is 0 Å². The normalized spacial score (nSPS) is 10.8. The first-order valence-corrected chi connectivity index (χ1v) is 7.21. The first-order valence-electron chi connectivity index (χ1n) is 6.33. The lowest BCUT2D eigenvalue weighted by Gasteiger charge is -2.21. The molecule has 0 fully saturated rings. The number of nitrogens with zero attached hydrogens (tertiary/aromatic N) is 2. The molecule has 5 heteroatoms. The zero-order valence-electron chi connectivity index (χ0n) is 11.2. The molecular formula is C15H16N2O2S. The predicted octanol–water partition coefficient (Wildman–Crippen LogP) is 3.27. The van der Waals surface area contributed by atoms with Crippen molar-refractivity contribution >= 4 is 29.2 Å². The predicted molar refractivity (Wildman–Crippen MR) is 81.9 cm³/mol. The Morgan fingerprint density at radius 2 is 2.30 bits per heavy atom. The number of pyridine rings is 1. The zero-order valence-corrected chi connectivity index (χ0v) is 12.0. The summed E-state index contributed by atoms with van der Waals surface area (Å²) >= 11 is 1.73. The van der Waals surface area contributed by atoms with Gasteiger partial charge in [0.05, 0.1) is 6.54 Å². The molecule has 0 saturated heterocycles. The van der Waals surface area contributed by atoms with Gasteiger partial charge in [-0.2, -0.15) is 0 Å². The number of thiophene rings is 1. The molecule has 20 heavy (non-hydrogen) atoms. The molecule has 0 saturated carbocycles. The highest BCUT2D eigenvalue weighted by atomic mass is 32.1. The lowest BCUT2D eigenvalue weighted by atomic mass is 10.2. The number of aromatic nitrogens is 1. The minimum Gasteiger partial charge on any atom is -0.478 e. The van der Waals surface area contributed by atoms with E-state index >= 15 is 0 Å². The van der Waals surface area contributed by atoms with Crippen LogP contribution in [0.25, 0.3) is 6.08 Å². The van der Waals surface area contributed by atoms with E-state index in [1.165, 1.54) is 11.0 Å². The molecule has 0 bridgehead atoms. The second kappa shape index (κ2) is 6.86. The smallest absolute Gasteiger partial charge is 0.328 e. The largest absolute Gasteiger partial charge is 0.478 e. The molecule has 0 aliphatic carbocycles. The molecule has 0 amide bonds. The second-order valence-electron chi connectivity index (χ2n) is 4.21. The van der Waals surface area contributed by atoms with E-state index in [-0.39, 0.29) is 0 Å². The molecule has 0 radical (unpaired) electrons. The fourth-order valence-electron chi connectivity index (χ4n) is 1.80. The van der Waals surface area contributed by atoms with E-state index in [4.69, 9.17) is 5.11 Å². The fourth-order valence-corrected chi connectivity index (χ4v) is 2.52. The van der Waals surface area contributed by atoms with Crippen LogP contribution in [0.3, 0.4) is 0 Å². The summed E-state index contributed by atoms with van der Waals surface area (Å²) < 4.78 is 0. The van der Waals surface area contributed by atoms with Crippen LogP contribution in [0, 0.1) is 0 Å². The molecular weight excluding hydrogens is 272 g/mol. The summed E-state index contributed by atoms with van der Waals surface area (Å²) in [6.07, 6.45) is 4.33. The van der Waals surface area contributed by atoms with Gasteiger partial charge in [0.2, 0.25) is 0 Å². The highest BCUT2D eigenvalue weighted by molar-refractivity contribution is 7.09. The third-order valence-corrected chi connectivity index (χ3v) is 3.68. The highest BCUT2D eigenvalue weighted by Crippen LogP contribution is 2.18. The Balaban J connectivity index is 2.09. The van der Waals surface area contributed by atoms with Gasteiger partial charge in [0.1, 0.15) is 5.82 Å². The topological polar surface area (TPSA) is 53.4 Å². The number of anilines is 1. The van der Waals surface area contributed by atoms with Gasteiger partial charge in [-0.3, -0.25) is 0 Å². The van der Waals surface area contributed by atoms with Crippen molar-refractivity contribution in [3.63, 3.8) is 0 Å². The van der Waals surface area contributed by atoms with Gasteiger partial charge >= 0.3 is 5.97 Å². The van der Waals surface area contributed by atoms with E-state index in [2.05, 4.69) is 28.3 Å². The van der Waals surface area contributed by atoms with Crippen molar-refractivity contribution in [1.29, 1.82) is 0 Å². The van der Waals surface area contributed by atoms with Crippen molar-refractivity contribution in [2.24, 2.45) is 0 Å². The average molecular weight is 288 g/mol. The maximum atomic E-state index is 10.5. The van der Waals surface area contributed by atoms with Crippen molar-refractivity contribution in [2.75, 3.05) is 11.4 Å². The Hall–Kier alpha value is -2.14. The Labute approximate surface area is 122 Å². The monoisotopic (exact) mass is 288 g/mol. The molecule has 0 aliphatic rings. The standard InChI is InChI=1S/C15H16N2O2S/c1-2-17(11-13-4-3-9-20-13)14-7-5-12(10-16-14)6-8-15(18)19/h3-10H,2,11H2,1H3,(H,18,19)/b8-6+. The number of carbonyl (C=O) groups is 1. The van der Waals surface area contributed by atoms with E-state index in [9.17, 15) is 4.79 Å². The lowest BCUT2D eigenvalue weighted by molar-refractivity contribution is -0.131. The van der Waals surface area contributed by atoms with E-state index in [0.29, 0.717) is 0 Å². The number of carboxylic acid groups (broad SMARTS) is 1. The van der Waals surface area contributed by atoms with E-state index in [1.807, 2.05) is 18.2 Å². The van der Waals surface area contributed by atoms with Gasteiger partial charge < -0.3 is 10.0 Å². The lowest BCUT2D eigenvalue weighted by Crippen LogP contribution is -2.22. The van der Waals surface area contributed by atoms with Gasteiger partial charge in [0, 0.05) is 23.7 Å². The van der Waals surface area contributed by atoms with E-state index in [1.54, 1.807) is 17.5 Å². The zero-order chi connectivity index (χ0) is 14.4. The van der Waals surface area contributed by atoms with Crippen LogP contribution in [0.4, 0.5) is 5.82 Å². The van der Waals surface area contributed by atoms with Crippen LogP contribution in [0.1, 0.15) is 17.4 Å². The Morgan fingerprint density at radius 1 is 1.45 bits per heavy atom. The van der Waals surface area contributed by atoms with Crippen LogP contribution in [0.15, 0.2) is 41.9 Å². The third kappa shape index (κ3) is 3.93. The van der Waals surface area contributed by atoms with E-state index < -0.39 is 5.97 Å². The molecule has 0 spiro atoms. The second-order valence-corrected chi connectivity index (χ2v) is 5.25. The van der Waals surface area contributed by atoms with Crippen molar-refractivity contribution in [1.82, 2.24) is 4.98 Å². The summed E-state index contributed by atoms with van der Waals surface area (Å²) in [6, 6.07) is 7.94. The number of hydrogen-bond acceptors (Lipinski definition) is 4. The highest BCUT2D eigenvalue weighted by Gasteiger charge is 2.07. The first-order chi connectivity index (χ1) is 9.69. The summed E-state index contributed by atoms with van der Waals surface area (Å²) in [7, 11) is 0. The Bertz CT molecular complexity index is 576. The van der Waals surface area contributed by atoms with Crippen LogP contribution in [0.2, 0.25) is 0 Å². The molecule has 4 nitrogen and oxygen atoms in total. The molecule has 2 rings (SSSR count). The van der Waals surface area contributed by atoms with Crippen LogP contribution in [-0.2, 0) is 11.3 Å². The molecule has 104 valence electrons. The van der Waals surface area contributed by atoms with Crippen molar-refractivity contribution in [2.45, 2.75) is 13.5 Å². The summed E-state index contributed by atoms with van der Waals surface area (Å²) in [6.45, 7) is 3.80. The average Bonchev–Trinajstić information content (AvgIpc) is 2.96. The van der Waals surface area contributed by atoms with Gasteiger partial charge in [0.15, 0.2) is 0 Å². The number of rotatable bonds is 6. The Kier molecular flexibility index (Phi) is 4.90.